The van der Waals surface area contributed by atoms with Gasteiger partial charge in [-0.3, -0.25) is 4.79 Å². The monoisotopic (exact) mass is 323 g/mol. The minimum Gasteiger partial charge on any atom is -0.312 e. The number of carbonyl (C=O) groups is 1. The van der Waals surface area contributed by atoms with Gasteiger partial charge in [-0.2, -0.15) is 8.78 Å². The van der Waals surface area contributed by atoms with Gasteiger partial charge in [0.2, 0.25) is 0 Å². The summed E-state index contributed by atoms with van der Waals surface area (Å²) in [4.78, 5) is 8.83. The van der Waals surface area contributed by atoms with E-state index in [4.69, 9.17) is 0 Å². The molecule has 1 aromatic heterocycles. The van der Waals surface area contributed by atoms with Crippen molar-refractivity contribution in [2.45, 2.75) is 36.9 Å². The summed E-state index contributed by atoms with van der Waals surface area (Å²) in [6.07, 6.45) is 5.44. The Morgan fingerprint density at radius 2 is 2.06 bits per heavy atom. The second-order valence-electron chi connectivity index (χ2n) is 4.07. The van der Waals surface area contributed by atoms with Gasteiger partial charge in [-0.05, 0) is 37.3 Å². The molecule has 0 atom stereocenters. The number of carbonyl (C=O) groups excluding carboxylic acids is 1. The molecule has 1 heterocycles. The minimum absolute atomic E-state index is 0.515. The van der Waals surface area contributed by atoms with Gasteiger partial charge in [0.15, 0.2) is 0 Å². The number of fused-ring (bicyclic) bond motifs is 1. The molecule has 0 aromatic carbocycles. The van der Waals surface area contributed by atoms with Crippen LogP contribution in [0, 0.1) is 0 Å². The second-order valence-corrected chi connectivity index (χ2v) is 6.20. The SMILES string of the molecule is O=C(Nc1cc2c(s1)CCCCC2)C(F)(F)Br. The van der Waals surface area contributed by atoms with Crippen LogP contribution >= 0.6 is 27.3 Å². The second kappa shape index (κ2) is 5.02. The van der Waals surface area contributed by atoms with Crippen LogP contribution in [0.2, 0.25) is 0 Å². The minimum atomic E-state index is -3.51. The van der Waals surface area contributed by atoms with Crippen molar-refractivity contribution in [3.05, 3.63) is 16.5 Å². The third-order valence-electron chi connectivity index (χ3n) is 2.74. The summed E-state index contributed by atoms with van der Waals surface area (Å²) in [7, 11) is 0. The molecule has 6 heteroatoms. The van der Waals surface area contributed by atoms with Crippen molar-refractivity contribution in [3.63, 3.8) is 0 Å². The number of rotatable bonds is 2. The lowest BCUT2D eigenvalue weighted by Gasteiger charge is -2.07. The first-order chi connectivity index (χ1) is 7.97. The highest BCUT2D eigenvalue weighted by Gasteiger charge is 2.35. The molecule has 0 fully saturated rings. The third-order valence-corrected chi connectivity index (χ3v) is 4.25. The van der Waals surface area contributed by atoms with E-state index in [1.54, 1.807) is 0 Å². The highest BCUT2D eigenvalue weighted by atomic mass is 79.9. The van der Waals surface area contributed by atoms with Gasteiger partial charge in [-0.15, -0.1) is 11.3 Å². The van der Waals surface area contributed by atoms with E-state index >= 15 is 0 Å². The molecule has 0 spiro atoms. The number of hydrogen-bond donors (Lipinski definition) is 1. The van der Waals surface area contributed by atoms with Crippen LogP contribution in [0.1, 0.15) is 29.7 Å². The fraction of sp³-hybridized carbons (Fsp3) is 0.545. The number of thiophene rings is 1. The molecule has 1 N–H and O–H groups in total. The lowest BCUT2D eigenvalue weighted by molar-refractivity contribution is -0.128. The first-order valence-electron chi connectivity index (χ1n) is 5.46. The zero-order chi connectivity index (χ0) is 12.5. The van der Waals surface area contributed by atoms with Gasteiger partial charge < -0.3 is 5.32 Å². The topological polar surface area (TPSA) is 29.1 Å². The standard InChI is InChI=1S/C11H12BrF2NOS/c12-11(13,14)10(16)15-9-6-7-4-2-1-3-5-8(7)17-9/h6H,1-5H2,(H,15,16). The fourth-order valence-electron chi connectivity index (χ4n) is 1.91. The molecule has 0 bridgehead atoms. The zero-order valence-corrected chi connectivity index (χ0v) is 11.5. The van der Waals surface area contributed by atoms with E-state index in [9.17, 15) is 13.6 Å². The van der Waals surface area contributed by atoms with Crippen LogP contribution in [0.3, 0.4) is 0 Å². The Kier molecular flexibility index (Phi) is 3.82. The first-order valence-corrected chi connectivity index (χ1v) is 7.07. The Hall–Kier alpha value is -0.490. The van der Waals surface area contributed by atoms with Crippen molar-refractivity contribution in [2.24, 2.45) is 0 Å². The van der Waals surface area contributed by atoms with E-state index in [1.807, 2.05) is 22.0 Å². The highest BCUT2D eigenvalue weighted by Crippen LogP contribution is 2.33. The lowest BCUT2D eigenvalue weighted by Crippen LogP contribution is -2.27. The number of anilines is 1. The fourth-order valence-corrected chi connectivity index (χ4v) is 3.16. The van der Waals surface area contributed by atoms with Crippen molar-refractivity contribution >= 4 is 38.2 Å². The number of halogens is 3. The van der Waals surface area contributed by atoms with Crippen LogP contribution in [0.15, 0.2) is 6.07 Å². The van der Waals surface area contributed by atoms with Gasteiger partial charge in [0.05, 0.1) is 5.00 Å². The average molecular weight is 324 g/mol. The average Bonchev–Trinajstić information content (AvgIpc) is 2.47. The Labute approximate surface area is 111 Å². The van der Waals surface area contributed by atoms with E-state index in [0.29, 0.717) is 5.00 Å². The number of aryl methyl sites for hydroxylation is 2. The van der Waals surface area contributed by atoms with E-state index in [2.05, 4.69) is 5.32 Å². The van der Waals surface area contributed by atoms with E-state index in [0.717, 1.165) is 25.7 Å². The summed E-state index contributed by atoms with van der Waals surface area (Å²) >= 11 is 3.45. The van der Waals surface area contributed by atoms with Crippen LogP contribution in [-0.2, 0) is 17.6 Å². The molecule has 1 aromatic rings. The number of nitrogens with one attached hydrogen (secondary N) is 1. The first kappa shape index (κ1) is 13.0. The third kappa shape index (κ3) is 3.25. The molecule has 94 valence electrons. The largest absolute Gasteiger partial charge is 0.378 e. The molecule has 1 aliphatic rings. The van der Waals surface area contributed by atoms with E-state index in [1.165, 1.54) is 28.2 Å². The molecular formula is C11H12BrF2NOS. The van der Waals surface area contributed by atoms with E-state index < -0.39 is 10.7 Å². The molecular weight excluding hydrogens is 312 g/mol. The predicted octanol–water partition coefficient (Wildman–Crippen LogP) is 3.94. The van der Waals surface area contributed by atoms with Crippen molar-refractivity contribution in [3.8, 4) is 0 Å². The molecule has 1 aliphatic carbocycles. The maximum absolute atomic E-state index is 12.7. The summed E-state index contributed by atoms with van der Waals surface area (Å²) in [5.41, 5.74) is 1.20. The molecule has 2 rings (SSSR count). The summed E-state index contributed by atoms with van der Waals surface area (Å²) in [5.74, 6) is -1.31. The van der Waals surface area contributed by atoms with Crippen molar-refractivity contribution < 1.29 is 13.6 Å². The quantitative estimate of drug-likeness (QED) is 0.648. The Morgan fingerprint density at radius 3 is 2.76 bits per heavy atom. The number of alkyl halides is 3. The van der Waals surface area contributed by atoms with Crippen molar-refractivity contribution in [1.82, 2.24) is 0 Å². The predicted molar refractivity (Wildman–Crippen MR) is 68.1 cm³/mol. The maximum atomic E-state index is 12.7. The summed E-state index contributed by atoms with van der Waals surface area (Å²) in [6, 6.07) is 1.82. The van der Waals surface area contributed by atoms with Crippen LogP contribution in [-0.4, -0.2) is 10.7 Å². The van der Waals surface area contributed by atoms with Crippen molar-refractivity contribution in [1.29, 1.82) is 0 Å². The Bertz CT molecular complexity index is 404. The molecule has 2 nitrogen and oxygen atoms in total. The highest BCUT2D eigenvalue weighted by molar-refractivity contribution is 9.10. The molecule has 1 amide bonds. The van der Waals surface area contributed by atoms with Crippen molar-refractivity contribution in [2.75, 3.05) is 5.32 Å². The van der Waals surface area contributed by atoms with Gasteiger partial charge in [-0.1, -0.05) is 6.42 Å². The lowest BCUT2D eigenvalue weighted by atomic mass is 10.1. The summed E-state index contributed by atoms with van der Waals surface area (Å²) in [6.45, 7) is 0. The van der Waals surface area contributed by atoms with Gasteiger partial charge >= 0.3 is 10.7 Å². The van der Waals surface area contributed by atoms with Gasteiger partial charge in [-0.25, -0.2) is 0 Å². The van der Waals surface area contributed by atoms with Gasteiger partial charge in [0, 0.05) is 20.8 Å². The normalized spacial score (nSPS) is 16.2. The van der Waals surface area contributed by atoms with Gasteiger partial charge in [0.25, 0.3) is 0 Å². The van der Waals surface area contributed by atoms with Gasteiger partial charge in [0.1, 0.15) is 0 Å². The molecule has 0 saturated heterocycles. The smallest absolute Gasteiger partial charge is 0.312 e. The molecule has 0 radical (unpaired) electrons. The molecule has 0 unspecified atom stereocenters. The summed E-state index contributed by atoms with van der Waals surface area (Å²) < 4.78 is 25.3. The number of hydrogen-bond acceptors (Lipinski definition) is 2. The van der Waals surface area contributed by atoms with Crippen LogP contribution in [0.4, 0.5) is 13.8 Å². The summed E-state index contributed by atoms with van der Waals surface area (Å²) in [5, 5.41) is 2.76. The molecule has 0 aliphatic heterocycles. The maximum Gasteiger partial charge on any atom is 0.378 e. The number of amides is 1. The Balaban J connectivity index is 2.11. The van der Waals surface area contributed by atoms with Crippen LogP contribution < -0.4 is 5.32 Å². The van der Waals surface area contributed by atoms with Crippen LogP contribution in [0.5, 0.6) is 0 Å². The van der Waals surface area contributed by atoms with E-state index in [-0.39, 0.29) is 0 Å². The Morgan fingerprint density at radius 1 is 1.35 bits per heavy atom. The zero-order valence-electron chi connectivity index (χ0n) is 9.06. The molecule has 0 saturated carbocycles. The molecule has 17 heavy (non-hydrogen) atoms. The van der Waals surface area contributed by atoms with Crippen LogP contribution in [0.25, 0.3) is 0 Å².